The normalized spacial score (nSPS) is 28.6. The zero-order valence-corrected chi connectivity index (χ0v) is 12.8. The number of hydrogen-bond donors (Lipinski definition) is 2. The van der Waals surface area contributed by atoms with Gasteiger partial charge in [-0.15, -0.1) is 0 Å². The van der Waals surface area contributed by atoms with E-state index in [1.54, 1.807) is 6.34 Å². The van der Waals surface area contributed by atoms with Gasteiger partial charge in [-0.3, -0.25) is 4.57 Å². The Morgan fingerprint density at radius 1 is 1.39 bits per heavy atom. The fourth-order valence-electron chi connectivity index (χ4n) is 2.81. The van der Waals surface area contributed by atoms with Gasteiger partial charge in [0.05, 0.1) is 19.0 Å². The monoisotopic (exact) mass is 323 g/mol. The lowest BCUT2D eigenvalue weighted by molar-refractivity contribution is -0.0462. The van der Waals surface area contributed by atoms with E-state index in [2.05, 4.69) is 19.9 Å². The first-order chi connectivity index (χ1) is 11.2. The maximum Gasteiger partial charge on any atom is 0.354 e. The van der Waals surface area contributed by atoms with Gasteiger partial charge in [-0.1, -0.05) is 0 Å². The lowest BCUT2D eigenvalue weighted by Crippen LogP contribution is -2.29. The van der Waals surface area contributed by atoms with Crippen LogP contribution in [0.5, 0.6) is 0 Å². The molecule has 0 aromatic carbocycles. The third-order valence-electron chi connectivity index (χ3n) is 4.14. The van der Waals surface area contributed by atoms with Crippen molar-refractivity contribution in [3.05, 3.63) is 16.8 Å². The number of piperidine rings is 1. The number of rotatable bonds is 4. The van der Waals surface area contributed by atoms with Gasteiger partial charge in [0.1, 0.15) is 18.7 Å². The molecule has 2 aliphatic heterocycles. The van der Waals surface area contributed by atoms with Gasteiger partial charge in [-0.05, 0) is 19.3 Å². The maximum absolute atomic E-state index is 12.1. The average Bonchev–Trinajstić information content (AvgIpc) is 2.94. The highest BCUT2D eigenvalue weighted by Gasteiger charge is 2.35. The van der Waals surface area contributed by atoms with Crippen molar-refractivity contribution in [2.75, 3.05) is 19.7 Å². The number of aliphatic hydroxyl groups excluding tert-OH is 2. The summed E-state index contributed by atoms with van der Waals surface area (Å²) in [6, 6.07) is 0. The maximum atomic E-state index is 12.1. The standard InChI is InChI=1S/C14H21N5O4/c20-7-11-10(21)6-12(23-11)19-9-16-13(17-14(19)22)15-8-18-4-2-1-3-5-18/h8-12,20-21H,1-7H2/b15-8+/t10-,11+,12+/m0/s1. The molecule has 1 aromatic heterocycles. The molecule has 9 nitrogen and oxygen atoms in total. The topological polar surface area (TPSA) is 113 Å². The van der Waals surface area contributed by atoms with Crippen LogP contribution in [-0.4, -0.2) is 67.9 Å². The predicted molar refractivity (Wildman–Crippen MR) is 81.5 cm³/mol. The first-order valence-electron chi connectivity index (χ1n) is 7.85. The van der Waals surface area contributed by atoms with Crippen molar-refractivity contribution in [2.24, 2.45) is 4.99 Å². The van der Waals surface area contributed by atoms with E-state index in [1.165, 1.54) is 17.3 Å². The molecule has 23 heavy (non-hydrogen) atoms. The van der Waals surface area contributed by atoms with Crippen LogP contribution in [0.2, 0.25) is 0 Å². The highest BCUT2D eigenvalue weighted by Crippen LogP contribution is 2.27. The van der Waals surface area contributed by atoms with Gasteiger partial charge < -0.3 is 19.8 Å². The highest BCUT2D eigenvalue weighted by atomic mass is 16.5. The van der Waals surface area contributed by atoms with E-state index in [9.17, 15) is 9.90 Å². The Balaban J connectivity index is 1.68. The lowest BCUT2D eigenvalue weighted by atomic mass is 10.1. The van der Waals surface area contributed by atoms with E-state index in [1.807, 2.05) is 0 Å². The quantitative estimate of drug-likeness (QED) is 0.563. The molecule has 1 aromatic rings. The van der Waals surface area contributed by atoms with E-state index in [-0.39, 0.29) is 19.0 Å². The minimum atomic E-state index is -0.811. The molecule has 3 heterocycles. The molecular weight excluding hydrogens is 302 g/mol. The van der Waals surface area contributed by atoms with Crippen LogP contribution in [0.3, 0.4) is 0 Å². The second-order valence-electron chi connectivity index (χ2n) is 5.80. The lowest BCUT2D eigenvalue weighted by Gasteiger charge is -2.23. The van der Waals surface area contributed by atoms with Crippen LogP contribution < -0.4 is 5.69 Å². The molecule has 126 valence electrons. The Bertz CT molecular complexity index is 613. The Hall–Kier alpha value is -1.84. The number of likely N-dealkylation sites (tertiary alicyclic amines) is 1. The second-order valence-corrected chi connectivity index (χ2v) is 5.80. The van der Waals surface area contributed by atoms with Crippen LogP contribution in [0.1, 0.15) is 31.9 Å². The van der Waals surface area contributed by atoms with Crippen LogP contribution in [0.25, 0.3) is 0 Å². The van der Waals surface area contributed by atoms with Crippen LogP contribution >= 0.6 is 0 Å². The SMILES string of the molecule is O=c1nc(/N=C/N2CCCCC2)ncn1[C@H]1C[C@H](O)[C@@H](CO)O1. The van der Waals surface area contributed by atoms with E-state index in [0.29, 0.717) is 0 Å². The summed E-state index contributed by atoms with van der Waals surface area (Å²) in [5, 5.41) is 18.8. The van der Waals surface area contributed by atoms with Gasteiger partial charge in [-0.25, -0.2) is 14.8 Å². The minimum Gasteiger partial charge on any atom is -0.394 e. The molecule has 2 N–H and O–H groups in total. The van der Waals surface area contributed by atoms with Crippen molar-refractivity contribution in [3.63, 3.8) is 0 Å². The van der Waals surface area contributed by atoms with Crippen molar-refractivity contribution in [3.8, 4) is 0 Å². The van der Waals surface area contributed by atoms with Gasteiger partial charge >= 0.3 is 5.69 Å². The van der Waals surface area contributed by atoms with Crippen LogP contribution in [0.15, 0.2) is 16.1 Å². The van der Waals surface area contributed by atoms with E-state index in [0.717, 1.165) is 25.9 Å². The molecule has 2 aliphatic rings. The minimum absolute atomic E-state index is 0.106. The number of hydrogen-bond acceptors (Lipinski definition) is 7. The molecule has 0 aliphatic carbocycles. The van der Waals surface area contributed by atoms with E-state index < -0.39 is 24.1 Å². The summed E-state index contributed by atoms with van der Waals surface area (Å²) < 4.78 is 6.63. The summed E-state index contributed by atoms with van der Waals surface area (Å²) in [7, 11) is 0. The van der Waals surface area contributed by atoms with Crippen molar-refractivity contribution >= 4 is 12.3 Å². The summed E-state index contributed by atoms with van der Waals surface area (Å²) in [5.74, 6) is 0.106. The van der Waals surface area contributed by atoms with Gasteiger partial charge in [0.2, 0.25) is 0 Å². The molecule has 0 amide bonds. The molecule has 0 spiro atoms. The van der Waals surface area contributed by atoms with Crippen LogP contribution in [0, 0.1) is 0 Å². The van der Waals surface area contributed by atoms with Crippen LogP contribution in [0.4, 0.5) is 5.95 Å². The molecular formula is C14H21N5O4. The smallest absolute Gasteiger partial charge is 0.354 e. The van der Waals surface area contributed by atoms with Crippen molar-refractivity contribution in [1.82, 2.24) is 19.4 Å². The average molecular weight is 323 g/mol. The fraction of sp³-hybridized carbons (Fsp3) is 0.714. The van der Waals surface area contributed by atoms with Crippen molar-refractivity contribution in [2.45, 2.75) is 44.1 Å². The summed E-state index contributed by atoms with van der Waals surface area (Å²) in [4.78, 5) is 26.2. The molecule has 0 unspecified atom stereocenters. The fourth-order valence-corrected chi connectivity index (χ4v) is 2.81. The zero-order valence-electron chi connectivity index (χ0n) is 12.8. The van der Waals surface area contributed by atoms with E-state index in [4.69, 9.17) is 9.84 Å². The predicted octanol–water partition coefficient (Wildman–Crippen LogP) is -0.575. The molecule has 2 fully saturated rings. The Morgan fingerprint density at radius 3 is 2.83 bits per heavy atom. The number of nitrogens with zero attached hydrogens (tertiary/aromatic N) is 5. The summed E-state index contributed by atoms with van der Waals surface area (Å²) in [5.41, 5.74) is -0.540. The van der Waals surface area contributed by atoms with Crippen molar-refractivity contribution in [1.29, 1.82) is 0 Å². The van der Waals surface area contributed by atoms with Crippen LogP contribution in [-0.2, 0) is 4.74 Å². The second kappa shape index (κ2) is 7.16. The van der Waals surface area contributed by atoms with Gasteiger partial charge in [0.15, 0.2) is 0 Å². The zero-order chi connectivity index (χ0) is 16.2. The van der Waals surface area contributed by atoms with Crippen molar-refractivity contribution < 1.29 is 14.9 Å². The Morgan fingerprint density at radius 2 is 2.17 bits per heavy atom. The number of aromatic nitrogens is 3. The summed E-state index contributed by atoms with van der Waals surface area (Å²) >= 11 is 0. The van der Waals surface area contributed by atoms with Gasteiger partial charge in [0, 0.05) is 19.5 Å². The number of aliphatic imine (C=N–C) groups is 1. The third-order valence-corrected chi connectivity index (χ3v) is 4.14. The molecule has 9 heteroatoms. The summed E-state index contributed by atoms with van der Waals surface area (Å²) in [6.45, 7) is 1.61. The van der Waals surface area contributed by atoms with Gasteiger partial charge in [-0.2, -0.15) is 4.98 Å². The molecule has 0 bridgehead atoms. The molecule has 3 rings (SSSR count). The Labute approximate surface area is 133 Å². The van der Waals surface area contributed by atoms with Gasteiger partial charge in [0.25, 0.3) is 5.95 Å². The molecule has 0 radical (unpaired) electrons. The molecule has 3 atom stereocenters. The number of aliphatic hydroxyl groups is 2. The number of ether oxygens (including phenoxy) is 1. The first kappa shape index (κ1) is 16.0. The largest absolute Gasteiger partial charge is 0.394 e. The van der Waals surface area contributed by atoms with E-state index >= 15 is 0 Å². The molecule has 2 saturated heterocycles. The molecule has 0 saturated carbocycles. The summed E-state index contributed by atoms with van der Waals surface area (Å²) in [6.07, 6.45) is 4.55. The third kappa shape index (κ3) is 3.74. The first-order valence-corrected chi connectivity index (χ1v) is 7.85. The highest BCUT2D eigenvalue weighted by molar-refractivity contribution is 5.58. The Kier molecular flexibility index (Phi) is 4.99.